The first-order valence-electron chi connectivity index (χ1n) is 6.77. The Morgan fingerprint density at radius 3 is 2.50 bits per heavy atom. The molecule has 1 unspecified atom stereocenters. The number of nitrogens with one attached hydrogen (secondary N) is 1. The summed E-state index contributed by atoms with van der Waals surface area (Å²) in [4.78, 5) is 0. The van der Waals surface area contributed by atoms with Gasteiger partial charge in [0.15, 0.2) is 0 Å². The molecule has 0 spiro atoms. The Balaban J connectivity index is 2.43. The smallest absolute Gasteiger partial charge is 0.101 e. The van der Waals surface area contributed by atoms with Gasteiger partial charge < -0.3 is 9.73 Å². The average Bonchev–Trinajstić information content (AvgIpc) is 2.82. The number of hydrogen-bond donors (Lipinski definition) is 1. The Morgan fingerprint density at radius 1 is 1.15 bits per heavy atom. The third-order valence-electron chi connectivity index (χ3n) is 3.27. The molecule has 108 valence electrons. The van der Waals surface area contributed by atoms with Crippen molar-refractivity contribution in [2.24, 2.45) is 0 Å². The van der Waals surface area contributed by atoms with Crippen molar-refractivity contribution in [3.05, 3.63) is 55.9 Å². The summed E-state index contributed by atoms with van der Waals surface area (Å²) in [7, 11) is 0. The zero-order valence-corrected chi connectivity index (χ0v) is 15.1. The minimum Gasteiger partial charge on any atom is -0.469 e. The molecule has 1 heterocycles. The van der Waals surface area contributed by atoms with E-state index in [0.717, 1.165) is 33.2 Å². The molecule has 0 radical (unpaired) electrons. The average molecular weight is 401 g/mol. The summed E-state index contributed by atoms with van der Waals surface area (Å²) >= 11 is 7.31. The predicted octanol–water partition coefficient (Wildman–Crippen LogP) is 5.51. The van der Waals surface area contributed by atoms with Gasteiger partial charge in [0.2, 0.25) is 0 Å². The number of furan rings is 1. The second kappa shape index (κ2) is 6.92. The van der Waals surface area contributed by atoms with Crippen LogP contribution in [0.15, 0.2) is 37.8 Å². The molecule has 4 heteroatoms. The second-order valence-corrected chi connectivity index (χ2v) is 6.71. The van der Waals surface area contributed by atoms with E-state index in [1.165, 1.54) is 11.1 Å². The maximum Gasteiger partial charge on any atom is 0.101 e. The van der Waals surface area contributed by atoms with E-state index >= 15 is 0 Å². The van der Waals surface area contributed by atoms with Gasteiger partial charge in [-0.2, -0.15) is 0 Å². The highest BCUT2D eigenvalue weighted by molar-refractivity contribution is 9.11. The van der Waals surface area contributed by atoms with E-state index in [1.807, 2.05) is 13.2 Å². The van der Waals surface area contributed by atoms with E-state index in [0.29, 0.717) is 0 Å². The van der Waals surface area contributed by atoms with Gasteiger partial charge in [-0.05, 0) is 56.1 Å². The molecular formula is C16H19Br2NO. The predicted molar refractivity (Wildman–Crippen MR) is 90.2 cm³/mol. The molecule has 0 saturated heterocycles. The lowest BCUT2D eigenvalue weighted by Gasteiger charge is -2.20. The van der Waals surface area contributed by atoms with Gasteiger partial charge in [-0.3, -0.25) is 0 Å². The van der Waals surface area contributed by atoms with Crippen LogP contribution in [0.4, 0.5) is 0 Å². The quantitative estimate of drug-likeness (QED) is 0.715. The molecule has 0 amide bonds. The van der Waals surface area contributed by atoms with Crippen molar-refractivity contribution in [2.45, 2.75) is 33.2 Å². The molecular weight excluding hydrogens is 382 g/mol. The summed E-state index contributed by atoms with van der Waals surface area (Å²) < 4.78 is 7.71. The first-order valence-corrected chi connectivity index (χ1v) is 8.35. The van der Waals surface area contributed by atoms with Crippen molar-refractivity contribution in [3.8, 4) is 0 Å². The van der Waals surface area contributed by atoms with Crippen LogP contribution in [0, 0.1) is 13.8 Å². The van der Waals surface area contributed by atoms with Gasteiger partial charge in [0, 0.05) is 14.5 Å². The van der Waals surface area contributed by atoms with E-state index in [2.05, 4.69) is 69.2 Å². The van der Waals surface area contributed by atoms with Crippen LogP contribution in [-0.4, -0.2) is 6.54 Å². The van der Waals surface area contributed by atoms with Gasteiger partial charge >= 0.3 is 0 Å². The molecule has 2 rings (SSSR count). The van der Waals surface area contributed by atoms with E-state index in [1.54, 1.807) is 0 Å². The Kier molecular flexibility index (Phi) is 5.47. The molecule has 0 aliphatic heterocycles. The van der Waals surface area contributed by atoms with Gasteiger partial charge in [0.25, 0.3) is 0 Å². The van der Waals surface area contributed by atoms with E-state index in [9.17, 15) is 0 Å². The Bertz CT molecular complexity index is 592. The standard InChI is InChI=1S/C16H19Br2NO/c1-4-5-19-16(12-7-11(3)20-9-12)13-8-14(17)10(2)6-15(13)18/h6-9,16,19H,4-5H2,1-3H3. The molecule has 0 aliphatic rings. The van der Waals surface area contributed by atoms with Crippen LogP contribution in [0.5, 0.6) is 0 Å². The lowest BCUT2D eigenvalue weighted by Crippen LogP contribution is -2.23. The van der Waals surface area contributed by atoms with Crippen molar-refractivity contribution < 1.29 is 4.42 Å². The Labute approximate surface area is 137 Å². The van der Waals surface area contributed by atoms with Crippen LogP contribution >= 0.6 is 31.9 Å². The van der Waals surface area contributed by atoms with Crippen molar-refractivity contribution in [1.29, 1.82) is 0 Å². The zero-order valence-electron chi connectivity index (χ0n) is 12.0. The fourth-order valence-corrected chi connectivity index (χ4v) is 3.24. The third kappa shape index (κ3) is 3.54. The summed E-state index contributed by atoms with van der Waals surface area (Å²) in [6.45, 7) is 7.20. The molecule has 20 heavy (non-hydrogen) atoms. The van der Waals surface area contributed by atoms with Crippen molar-refractivity contribution in [1.82, 2.24) is 5.32 Å². The summed E-state index contributed by atoms with van der Waals surface area (Å²) in [6.07, 6.45) is 2.93. The molecule has 2 nitrogen and oxygen atoms in total. The van der Waals surface area contributed by atoms with Gasteiger partial charge in [-0.1, -0.05) is 38.8 Å². The lowest BCUT2D eigenvalue weighted by molar-refractivity contribution is 0.523. The fraction of sp³-hybridized carbons (Fsp3) is 0.375. The number of hydrogen-bond acceptors (Lipinski definition) is 2. The van der Waals surface area contributed by atoms with Crippen LogP contribution in [0.1, 0.15) is 41.8 Å². The summed E-state index contributed by atoms with van der Waals surface area (Å²) in [6, 6.07) is 6.55. The first-order chi connectivity index (χ1) is 9.52. The van der Waals surface area contributed by atoms with Gasteiger partial charge in [-0.15, -0.1) is 0 Å². The molecule has 0 saturated carbocycles. The Hall–Kier alpha value is -0.580. The maximum absolute atomic E-state index is 5.47. The second-order valence-electron chi connectivity index (χ2n) is 5.00. The van der Waals surface area contributed by atoms with Crippen molar-refractivity contribution in [2.75, 3.05) is 6.54 Å². The third-order valence-corrected chi connectivity index (χ3v) is 4.81. The van der Waals surface area contributed by atoms with Crippen LogP contribution in [0.2, 0.25) is 0 Å². The van der Waals surface area contributed by atoms with Crippen LogP contribution < -0.4 is 5.32 Å². The fourth-order valence-electron chi connectivity index (χ4n) is 2.19. The molecule has 1 aromatic heterocycles. The molecule has 0 fully saturated rings. The molecule has 1 aromatic carbocycles. The highest BCUT2D eigenvalue weighted by Crippen LogP contribution is 2.33. The maximum atomic E-state index is 5.47. The molecule has 1 atom stereocenters. The van der Waals surface area contributed by atoms with Gasteiger partial charge in [0.05, 0.1) is 12.3 Å². The highest BCUT2D eigenvalue weighted by Gasteiger charge is 2.19. The Morgan fingerprint density at radius 2 is 1.90 bits per heavy atom. The SMILES string of the molecule is CCCNC(c1coc(C)c1)c1cc(Br)c(C)cc1Br. The summed E-state index contributed by atoms with van der Waals surface area (Å²) in [5, 5.41) is 3.59. The minimum absolute atomic E-state index is 0.138. The number of rotatable bonds is 5. The molecule has 0 bridgehead atoms. The van der Waals surface area contributed by atoms with Gasteiger partial charge in [0.1, 0.15) is 5.76 Å². The van der Waals surface area contributed by atoms with Crippen molar-refractivity contribution in [3.63, 3.8) is 0 Å². The monoisotopic (exact) mass is 399 g/mol. The van der Waals surface area contributed by atoms with Crippen molar-refractivity contribution >= 4 is 31.9 Å². The summed E-state index contributed by atoms with van der Waals surface area (Å²) in [5.74, 6) is 0.936. The van der Waals surface area contributed by atoms with Crippen LogP contribution in [-0.2, 0) is 0 Å². The van der Waals surface area contributed by atoms with E-state index in [4.69, 9.17) is 4.42 Å². The largest absolute Gasteiger partial charge is 0.469 e. The molecule has 0 aliphatic carbocycles. The number of halogens is 2. The first kappa shape index (κ1) is 15.8. The number of benzene rings is 1. The lowest BCUT2D eigenvalue weighted by atomic mass is 9.99. The number of aryl methyl sites for hydroxylation is 2. The van der Waals surface area contributed by atoms with Crippen LogP contribution in [0.25, 0.3) is 0 Å². The topological polar surface area (TPSA) is 25.2 Å². The van der Waals surface area contributed by atoms with Gasteiger partial charge in [-0.25, -0.2) is 0 Å². The molecule has 2 aromatic rings. The molecule has 1 N–H and O–H groups in total. The highest BCUT2D eigenvalue weighted by atomic mass is 79.9. The van der Waals surface area contributed by atoms with E-state index < -0.39 is 0 Å². The summed E-state index contributed by atoms with van der Waals surface area (Å²) in [5.41, 5.74) is 3.60. The van der Waals surface area contributed by atoms with Crippen LogP contribution in [0.3, 0.4) is 0 Å². The minimum atomic E-state index is 0.138. The normalized spacial score (nSPS) is 12.7. The zero-order chi connectivity index (χ0) is 14.7. The van der Waals surface area contributed by atoms with E-state index in [-0.39, 0.29) is 6.04 Å².